The first kappa shape index (κ1) is 18.8. The van der Waals surface area contributed by atoms with Crippen LogP contribution in [0, 0.1) is 13.8 Å². The van der Waals surface area contributed by atoms with Crippen molar-refractivity contribution in [3.05, 3.63) is 59.4 Å². The summed E-state index contributed by atoms with van der Waals surface area (Å²) < 4.78 is 47.5. The Morgan fingerprint density at radius 3 is 2.63 bits per heavy atom. The minimum absolute atomic E-state index is 0.0309. The van der Waals surface area contributed by atoms with Gasteiger partial charge < -0.3 is 14.5 Å². The van der Waals surface area contributed by atoms with Gasteiger partial charge in [0, 0.05) is 10.9 Å². The number of nitrogens with one attached hydrogen (secondary N) is 1. The first-order valence-electron chi connectivity index (χ1n) is 8.29. The minimum atomic E-state index is -4.46. The molecule has 4 nitrogen and oxygen atoms in total. The Morgan fingerprint density at radius 1 is 1.15 bits per heavy atom. The van der Waals surface area contributed by atoms with Crippen LogP contribution in [0.3, 0.4) is 0 Å². The van der Waals surface area contributed by atoms with E-state index in [1.807, 2.05) is 26.0 Å². The number of rotatable bonds is 5. The van der Waals surface area contributed by atoms with Gasteiger partial charge in [-0.25, -0.2) is 0 Å². The van der Waals surface area contributed by atoms with E-state index >= 15 is 0 Å². The number of aryl methyl sites for hydroxylation is 2. The summed E-state index contributed by atoms with van der Waals surface area (Å²) in [6, 6.07) is 9.86. The molecule has 0 saturated carbocycles. The lowest BCUT2D eigenvalue weighted by Crippen LogP contribution is -2.20. The SMILES string of the molecule is Cc1ccc2c(CC(=O)Nc3ccccc3OCC(F)(F)F)coc2c1C. The second kappa shape index (κ2) is 7.34. The van der Waals surface area contributed by atoms with Gasteiger partial charge in [0.25, 0.3) is 0 Å². The quantitative estimate of drug-likeness (QED) is 0.667. The van der Waals surface area contributed by atoms with Gasteiger partial charge in [0.1, 0.15) is 11.3 Å². The standard InChI is InChI=1S/C20H18F3NO3/c1-12-7-8-15-14(10-26-19(15)13(12)2)9-18(25)24-16-5-3-4-6-17(16)27-11-20(21,22)23/h3-8,10H,9,11H2,1-2H3,(H,24,25). The van der Waals surface area contributed by atoms with Crippen LogP contribution in [0.25, 0.3) is 11.0 Å². The maximum absolute atomic E-state index is 12.4. The molecule has 3 aromatic rings. The lowest BCUT2D eigenvalue weighted by atomic mass is 10.0. The minimum Gasteiger partial charge on any atom is -0.482 e. The van der Waals surface area contributed by atoms with Gasteiger partial charge in [-0.3, -0.25) is 4.79 Å². The molecule has 1 N–H and O–H groups in total. The molecule has 7 heteroatoms. The summed E-state index contributed by atoms with van der Waals surface area (Å²) in [6.07, 6.45) is -2.89. The van der Waals surface area contributed by atoms with Crippen molar-refractivity contribution < 1.29 is 27.1 Å². The molecule has 1 amide bonds. The molecule has 0 unspecified atom stereocenters. The number of hydrogen-bond acceptors (Lipinski definition) is 3. The Hall–Kier alpha value is -2.96. The van der Waals surface area contributed by atoms with Gasteiger partial charge in [0.15, 0.2) is 6.61 Å². The van der Waals surface area contributed by atoms with E-state index in [0.29, 0.717) is 5.56 Å². The number of benzene rings is 2. The molecule has 0 spiro atoms. The Kier molecular flexibility index (Phi) is 5.12. The number of ether oxygens (including phenoxy) is 1. The van der Waals surface area contributed by atoms with Gasteiger partial charge in [-0.15, -0.1) is 0 Å². The first-order chi connectivity index (χ1) is 12.7. The first-order valence-corrected chi connectivity index (χ1v) is 8.29. The normalized spacial score (nSPS) is 11.6. The largest absolute Gasteiger partial charge is 0.482 e. The maximum atomic E-state index is 12.4. The van der Waals surface area contributed by atoms with Gasteiger partial charge in [-0.1, -0.05) is 24.3 Å². The summed E-state index contributed by atoms with van der Waals surface area (Å²) >= 11 is 0. The highest BCUT2D eigenvalue weighted by Crippen LogP contribution is 2.29. The predicted octanol–water partition coefficient (Wildman–Crippen LogP) is 5.17. The third-order valence-electron chi connectivity index (χ3n) is 4.25. The number of fused-ring (bicyclic) bond motifs is 1. The summed E-state index contributed by atoms with van der Waals surface area (Å²) in [7, 11) is 0. The van der Waals surface area contributed by atoms with Crippen molar-refractivity contribution in [3.8, 4) is 5.75 Å². The Balaban J connectivity index is 1.75. The van der Waals surface area contributed by atoms with Gasteiger partial charge in [-0.2, -0.15) is 13.2 Å². The summed E-state index contributed by atoms with van der Waals surface area (Å²) in [5, 5.41) is 3.45. The van der Waals surface area contributed by atoms with E-state index in [1.54, 1.807) is 6.07 Å². The Labute approximate surface area is 153 Å². The van der Waals surface area contributed by atoms with Gasteiger partial charge in [0.05, 0.1) is 18.4 Å². The summed E-state index contributed by atoms with van der Waals surface area (Å²) in [5.41, 5.74) is 3.71. The van der Waals surface area contributed by atoms with E-state index in [9.17, 15) is 18.0 Å². The summed E-state index contributed by atoms with van der Waals surface area (Å²) in [5.74, 6) is -0.411. The van der Waals surface area contributed by atoms with Crippen LogP contribution >= 0.6 is 0 Å². The lowest BCUT2D eigenvalue weighted by molar-refractivity contribution is -0.153. The molecule has 0 aliphatic carbocycles. The number of amides is 1. The fourth-order valence-corrected chi connectivity index (χ4v) is 2.75. The van der Waals surface area contributed by atoms with Crippen LogP contribution in [0.5, 0.6) is 5.75 Å². The smallest absolute Gasteiger partial charge is 0.422 e. The molecule has 1 aromatic heterocycles. The Bertz CT molecular complexity index is 976. The molecule has 0 aliphatic heterocycles. The third kappa shape index (κ3) is 4.42. The summed E-state index contributed by atoms with van der Waals surface area (Å²) in [4.78, 5) is 12.4. The Morgan fingerprint density at radius 2 is 1.89 bits per heavy atom. The zero-order valence-electron chi connectivity index (χ0n) is 14.8. The van der Waals surface area contributed by atoms with Crippen molar-refractivity contribution in [2.75, 3.05) is 11.9 Å². The highest BCUT2D eigenvalue weighted by atomic mass is 19.4. The molecule has 0 radical (unpaired) electrons. The van der Waals surface area contributed by atoms with Gasteiger partial charge in [-0.05, 0) is 37.1 Å². The van der Waals surface area contributed by atoms with E-state index < -0.39 is 12.8 Å². The van der Waals surface area contributed by atoms with Gasteiger partial charge in [0.2, 0.25) is 5.91 Å². The average molecular weight is 377 g/mol. The molecular weight excluding hydrogens is 359 g/mol. The van der Waals surface area contributed by atoms with Crippen LogP contribution in [0.4, 0.5) is 18.9 Å². The fourth-order valence-electron chi connectivity index (χ4n) is 2.75. The molecule has 3 rings (SSSR count). The van der Waals surface area contributed by atoms with E-state index in [-0.39, 0.29) is 23.8 Å². The molecule has 0 bridgehead atoms. The molecule has 0 saturated heterocycles. The number of alkyl halides is 3. The average Bonchev–Trinajstić information content (AvgIpc) is 3.00. The van der Waals surface area contributed by atoms with Crippen molar-refractivity contribution in [2.45, 2.75) is 26.4 Å². The number of carbonyl (C=O) groups is 1. The highest BCUT2D eigenvalue weighted by Gasteiger charge is 2.29. The fraction of sp³-hybridized carbons (Fsp3) is 0.250. The number of anilines is 1. The molecule has 27 heavy (non-hydrogen) atoms. The number of para-hydroxylation sites is 2. The monoisotopic (exact) mass is 377 g/mol. The zero-order valence-corrected chi connectivity index (χ0v) is 14.8. The highest BCUT2D eigenvalue weighted by molar-refractivity contribution is 5.96. The lowest BCUT2D eigenvalue weighted by Gasteiger charge is -2.13. The molecule has 2 aromatic carbocycles. The van der Waals surface area contributed by atoms with Crippen LogP contribution < -0.4 is 10.1 Å². The third-order valence-corrected chi connectivity index (χ3v) is 4.25. The van der Waals surface area contributed by atoms with E-state index in [2.05, 4.69) is 5.32 Å². The molecule has 142 valence electrons. The van der Waals surface area contributed by atoms with Crippen molar-refractivity contribution in [2.24, 2.45) is 0 Å². The maximum Gasteiger partial charge on any atom is 0.422 e. The molecular formula is C20H18F3NO3. The molecule has 0 fully saturated rings. The summed E-state index contributed by atoms with van der Waals surface area (Å²) in [6.45, 7) is 2.49. The van der Waals surface area contributed by atoms with Crippen LogP contribution in [-0.4, -0.2) is 18.7 Å². The molecule has 1 heterocycles. The number of hydrogen-bond donors (Lipinski definition) is 1. The van der Waals surface area contributed by atoms with Crippen LogP contribution in [0.2, 0.25) is 0 Å². The van der Waals surface area contributed by atoms with E-state index in [4.69, 9.17) is 9.15 Å². The number of furan rings is 1. The van der Waals surface area contributed by atoms with Crippen molar-refractivity contribution in [3.63, 3.8) is 0 Å². The molecule has 0 aliphatic rings. The number of halogens is 3. The predicted molar refractivity (Wildman–Crippen MR) is 96.0 cm³/mol. The second-order valence-electron chi connectivity index (χ2n) is 6.27. The van der Waals surface area contributed by atoms with Gasteiger partial charge >= 0.3 is 6.18 Å². The topological polar surface area (TPSA) is 51.5 Å². The van der Waals surface area contributed by atoms with Crippen molar-refractivity contribution in [1.82, 2.24) is 0 Å². The van der Waals surface area contributed by atoms with Crippen molar-refractivity contribution in [1.29, 1.82) is 0 Å². The van der Waals surface area contributed by atoms with Crippen LogP contribution in [0.1, 0.15) is 16.7 Å². The zero-order chi connectivity index (χ0) is 19.6. The van der Waals surface area contributed by atoms with E-state index in [0.717, 1.165) is 22.1 Å². The second-order valence-corrected chi connectivity index (χ2v) is 6.27. The van der Waals surface area contributed by atoms with Crippen LogP contribution in [-0.2, 0) is 11.2 Å². The van der Waals surface area contributed by atoms with E-state index in [1.165, 1.54) is 24.5 Å². The molecule has 0 atom stereocenters. The van der Waals surface area contributed by atoms with Crippen molar-refractivity contribution >= 4 is 22.6 Å². The number of carbonyl (C=O) groups excluding carboxylic acids is 1. The van der Waals surface area contributed by atoms with Crippen LogP contribution in [0.15, 0.2) is 47.1 Å².